The van der Waals surface area contributed by atoms with Gasteiger partial charge in [-0.25, -0.2) is 0 Å². The number of unbranched alkanes of at least 4 members (excludes halogenated alkanes) is 4. The molecule has 1 saturated heterocycles. The molecular weight excluding hydrogens is 536 g/mol. The average Bonchev–Trinajstić information content (AvgIpc) is 3.34. The Bertz CT molecular complexity index is 1300. The molecule has 6 nitrogen and oxygen atoms in total. The summed E-state index contributed by atoms with van der Waals surface area (Å²) in [7, 11) is 0. The average molecular weight is 587 g/mol. The molecule has 2 aliphatic heterocycles. The molecular formula is C37H50N2O4. The second kappa shape index (κ2) is 13.1. The molecule has 2 aliphatic carbocycles. The van der Waals surface area contributed by atoms with Crippen LogP contribution in [0.25, 0.3) is 0 Å². The van der Waals surface area contributed by atoms with E-state index in [-0.39, 0.29) is 23.3 Å². The van der Waals surface area contributed by atoms with E-state index in [1.165, 1.54) is 62.1 Å². The fraction of sp³-hybridized carbons (Fsp3) is 0.622. The molecule has 43 heavy (non-hydrogen) atoms. The number of aryl methyl sites for hydroxylation is 1. The number of hydrogen-bond acceptors (Lipinski definition) is 6. The quantitative estimate of drug-likeness (QED) is 0.143. The van der Waals surface area contributed by atoms with Crippen LogP contribution in [0.3, 0.4) is 0 Å². The normalized spacial score (nSPS) is 27.1. The number of esters is 1. The third-order valence-corrected chi connectivity index (χ3v) is 10.8. The number of piperidine rings is 1. The minimum atomic E-state index is -0.304. The van der Waals surface area contributed by atoms with E-state index in [1.54, 1.807) is 6.92 Å². The number of Topliss-reactive ketones (excluding diaryl/α,β-unsaturated/α-hetero) is 1. The van der Waals surface area contributed by atoms with Crippen LogP contribution >= 0.6 is 0 Å². The van der Waals surface area contributed by atoms with Gasteiger partial charge in [0.2, 0.25) is 0 Å². The molecule has 0 N–H and O–H groups in total. The van der Waals surface area contributed by atoms with Crippen LogP contribution in [0.5, 0.6) is 11.5 Å². The summed E-state index contributed by atoms with van der Waals surface area (Å²) < 4.78 is 12.8. The summed E-state index contributed by atoms with van der Waals surface area (Å²) in [5.74, 6) is 1.80. The van der Waals surface area contributed by atoms with Gasteiger partial charge in [-0.1, -0.05) is 62.6 Å². The maximum absolute atomic E-state index is 12.3. The van der Waals surface area contributed by atoms with Crippen molar-refractivity contribution < 1.29 is 19.1 Å². The number of carbonyl (C=O) groups excluding carboxylic acids is 2. The summed E-state index contributed by atoms with van der Waals surface area (Å²) in [5.41, 5.74) is 4.00. The van der Waals surface area contributed by atoms with Crippen molar-refractivity contribution in [3.05, 3.63) is 59.2 Å². The highest BCUT2D eigenvalue weighted by molar-refractivity contribution is 5.78. The molecule has 2 aromatic rings. The first-order chi connectivity index (χ1) is 20.9. The maximum Gasteiger partial charge on any atom is 0.308 e. The van der Waals surface area contributed by atoms with E-state index in [1.807, 2.05) is 6.07 Å². The third-order valence-electron chi connectivity index (χ3n) is 10.8. The van der Waals surface area contributed by atoms with E-state index in [0.29, 0.717) is 30.3 Å². The Morgan fingerprint density at radius 1 is 1.00 bits per heavy atom. The lowest BCUT2D eigenvalue weighted by atomic mass is 9.51. The molecule has 0 unspecified atom stereocenters. The van der Waals surface area contributed by atoms with Crippen molar-refractivity contribution in [1.82, 2.24) is 9.80 Å². The molecule has 1 saturated carbocycles. The molecule has 6 heteroatoms. The van der Waals surface area contributed by atoms with E-state index in [9.17, 15) is 9.59 Å². The van der Waals surface area contributed by atoms with Crippen molar-refractivity contribution in [3.8, 4) is 11.5 Å². The number of carbonyl (C=O) groups is 2. The molecule has 0 radical (unpaired) electrons. The van der Waals surface area contributed by atoms with Gasteiger partial charge in [0.05, 0.1) is 6.54 Å². The first-order valence-electron chi connectivity index (χ1n) is 16.9. The molecule has 0 amide bonds. The number of rotatable bonds is 14. The lowest BCUT2D eigenvalue weighted by molar-refractivity contribution is -0.132. The minimum absolute atomic E-state index is 0.0499. The largest absolute Gasteiger partial charge is 0.484 e. The predicted octanol–water partition coefficient (Wildman–Crippen LogP) is 6.51. The summed E-state index contributed by atoms with van der Waals surface area (Å²) in [4.78, 5) is 29.6. The highest BCUT2D eigenvalue weighted by Gasteiger charge is 2.66. The molecule has 6 rings (SSSR count). The van der Waals surface area contributed by atoms with E-state index in [2.05, 4.69) is 53.1 Å². The monoisotopic (exact) mass is 586 g/mol. The summed E-state index contributed by atoms with van der Waals surface area (Å²) in [6.07, 6.45) is 12.8. The van der Waals surface area contributed by atoms with Crippen LogP contribution in [-0.4, -0.2) is 65.9 Å². The zero-order valence-corrected chi connectivity index (χ0v) is 26.5. The van der Waals surface area contributed by atoms with E-state index in [0.717, 1.165) is 57.5 Å². The van der Waals surface area contributed by atoms with Crippen LogP contribution in [-0.2, 0) is 27.8 Å². The number of ketones is 1. The first-order valence-corrected chi connectivity index (χ1v) is 16.9. The molecule has 0 aromatic heterocycles. The van der Waals surface area contributed by atoms with E-state index in [4.69, 9.17) is 9.47 Å². The van der Waals surface area contributed by atoms with Gasteiger partial charge in [-0.2, -0.15) is 0 Å². The number of likely N-dealkylation sites (tertiary alicyclic amines) is 1. The lowest BCUT2D eigenvalue weighted by Crippen LogP contribution is -2.69. The summed E-state index contributed by atoms with van der Waals surface area (Å²) >= 11 is 0. The first kappa shape index (κ1) is 30.3. The number of ether oxygens (including phenoxy) is 2. The summed E-state index contributed by atoms with van der Waals surface area (Å²) in [6.45, 7) is 9.14. The van der Waals surface area contributed by atoms with Gasteiger partial charge in [-0.3, -0.25) is 19.4 Å². The van der Waals surface area contributed by atoms with Gasteiger partial charge in [-0.05, 0) is 101 Å². The number of hydrogen-bond donors (Lipinski definition) is 0. The number of nitrogens with zero attached hydrogens (tertiary/aromatic N) is 2. The van der Waals surface area contributed by atoms with Crippen LogP contribution in [0.15, 0.2) is 42.5 Å². The Labute approximate surface area is 258 Å². The standard InChI is InChI=1S/C37H50N2O4/c1-4-5-21-38(22-12-7-6-9-13-28-14-10-8-11-15-28)31-18-17-30-32-24-29-16-19-33(42-27(3)41)35-34(29)37(30,36(31)43-35)20-23-39(32)25-26(2)40/h8,10-11,14-16,19,30-32,36H,4-7,9,12-13,17-18,20-25H2,1-3H3/t30-,31-,32+,36-,37-/m0/s1. The van der Waals surface area contributed by atoms with Crippen LogP contribution in [0.1, 0.15) is 95.2 Å². The van der Waals surface area contributed by atoms with Crippen LogP contribution in [0.4, 0.5) is 0 Å². The van der Waals surface area contributed by atoms with Crippen molar-refractivity contribution >= 4 is 11.8 Å². The van der Waals surface area contributed by atoms with Crippen molar-refractivity contribution in [1.29, 1.82) is 0 Å². The van der Waals surface area contributed by atoms with Crippen LogP contribution in [0, 0.1) is 5.92 Å². The maximum atomic E-state index is 12.3. The Kier molecular flexibility index (Phi) is 9.25. The SMILES string of the molecule is CCCCN(CCCCCCc1ccccc1)[C@H]1CC[C@H]2[C@H]3Cc4ccc(OC(C)=O)c5c4[C@@]2(CCN3CC(C)=O)[C@H]1O5. The number of benzene rings is 2. The van der Waals surface area contributed by atoms with Crippen molar-refractivity contribution in [2.24, 2.45) is 5.92 Å². The van der Waals surface area contributed by atoms with Gasteiger partial charge in [0, 0.05) is 30.0 Å². The van der Waals surface area contributed by atoms with Gasteiger partial charge in [0.15, 0.2) is 11.5 Å². The van der Waals surface area contributed by atoms with Gasteiger partial charge >= 0.3 is 5.97 Å². The topological polar surface area (TPSA) is 59.1 Å². The van der Waals surface area contributed by atoms with Gasteiger partial charge < -0.3 is 9.47 Å². The molecule has 4 aliphatic rings. The van der Waals surface area contributed by atoms with Gasteiger partial charge in [-0.15, -0.1) is 0 Å². The van der Waals surface area contributed by atoms with Gasteiger partial charge in [0.1, 0.15) is 11.9 Å². The third kappa shape index (κ3) is 5.90. The van der Waals surface area contributed by atoms with Crippen LogP contribution < -0.4 is 9.47 Å². The Hall–Kier alpha value is -2.70. The zero-order chi connectivity index (χ0) is 30.0. The minimum Gasteiger partial charge on any atom is -0.484 e. The Morgan fingerprint density at radius 3 is 2.56 bits per heavy atom. The second-order valence-corrected chi connectivity index (χ2v) is 13.6. The lowest BCUT2D eigenvalue weighted by Gasteiger charge is -2.60. The Balaban J connectivity index is 1.23. The Morgan fingerprint density at radius 2 is 1.79 bits per heavy atom. The predicted molar refractivity (Wildman–Crippen MR) is 170 cm³/mol. The van der Waals surface area contributed by atoms with Gasteiger partial charge in [0.25, 0.3) is 0 Å². The molecule has 2 aromatic carbocycles. The van der Waals surface area contributed by atoms with Crippen molar-refractivity contribution in [2.75, 3.05) is 26.2 Å². The second-order valence-electron chi connectivity index (χ2n) is 13.6. The molecule has 2 bridgehead atoms. The molecule has 232 valence electrons. The zero-order valence-electron chi connectivity index (χ0n) is 26.5. The highest BCUT2D eigenvalue weighted by atomic mass is 16.6. The molecule has 1 spiro atoms. The van der Waals surface area contributed by atoms with Crippen molar-refractivity contribution in [2.45, 2.75) is 115 Å². The van der Waals surface area contributed by atoms with Crippen LogP contribution in [0.2, 0.25) is 0 Å². The molecule has 2 fully saturated rings. The van der Waals surface area contributed by atoms with E-state index < -0.39 is 0 Å². The molecule has 5 atom stereocenters. The molecule has 2 heterocycles. The summed E-state index contributed by atoms with van der Waals surface area (Å²) in [6, 6.07) is 15.6. The fourth-order valence-corrected chi connectivity index (χ4v) is 9.13. The smallest absolute Gasteiger partial charge is 0.308 e. The summed E-state index contributed by atoms with van der Waals surface area (Å²) in [5, 5.41) is 0. The van der Waals surface area contributed by atoms with Crippen molar-refractivity contribution in [3.63, 3.8) is 0 Å². The fourth-order valence-electron chi connectivity index (χ4n) is 9.13. The highest BCUT2D eigenvalue weighted by Crippen LogP contribution is 2.64. The van der Waals surface area contributed by atoms with E-state index >= 15 is 0 Å².